The summed E-state index contributed by atoms with van der Waals surface area (Å²) in [5, 5.41) is 23.6. The predicted molar refractivity (Wildman–Crippen MR) is 88.5 cm³/mol. The van der Waals surface area contributed by atoms with Crippen LogP contribution in [0.15, 0.2) is 70.6 Å². The van der Waals surface area contributed by atoms with Crippen LogP contribution in [-0.4, -0.2) is 23.8 Å². The first-order valence-corrected chi connectivity index (χ1v) is 8.00. The molecule has 24 heavy (non-hydrogen) atoms. The molecule has 1 aliphatic heterocycles. The molecule has 1 aromatic carbocycles. The summed E-state index contributed by atoms with van der Waals surface area (Å²) < 4.78 is 29.6. The van der Waals surface area contributed by atoms with Crippen molar-refractivity contribution in [1.82, 2.24) is 5.32 Å². The van der Waals surface area contributed by atoms with Gasteiger partial charge in [-0.2, -0.15) is 8.42 Å². The van der Waals surface area contributed by atoms with Gasteiger partial charge >= 0.3 is 5.96 Å². The van der Waals surface area contributed by atoms with Gasteiger partial charge in [-0.05, 0) is 31.2 Å². The number of hydrogen-bond donors (Lipinski definition) is 4. The molecule has 0 aromatic heterocycles. The summed E-state index contributed by atoms with van der Waals surface area (Å²) in [7, 11) is -4.02. The van der Waals surface area contributed by atoms with Crippen molar-refractivity contribution in [3.8, 4) is 0 Å². The van der Waals surface area contributed by atoms with E-state index in [9.17, 15) is 13.6 Å². The van der Waals surface area contributed by atoms with Crippen LogP contribution >= 0.6 is 0 Å². The molecule has 0 saturated carbocycles. The number of guanidine groups is 1. The Morgan fingerprint density at radius 2 is 2.00 bits per heavy atom. The van der Waals surface area contributed by atoms with Crippen LogP contribution < -0.4 is 11.1 Å². The fourth-order valence-electron chi connectivity index (χ4n) is 1.37. The van der Waals surface area contributed by atoms with Crippen LogP contribution in [0.4, 0.5) is 0 Å². The molecule has 5 N–H and O–H groups in total. The average Bonchev–Trinajstić information content (AvgIpc) is 2.53. The Kier molecular flexibility index (Phi) is 6.83. The summed E-state index contributed by atoms with van der Waals surface area (Å²) >= 11 is 0. The van der Waals surface area contributed by atoms with Gasteiger partial charge in [0.2, 0.25) is 0 Å². The number of nitrogens with one attached hydrogen (secondary N) is 2. The highest BCUT2D eigenvalue weighted by atomic mass is 32.2. The van der Waals surface area contributed by atoms with Crippen molar-refractivity contribution in [2.45, 2.75) is 11.8 Å². The zero-order chi connectivity index (χ0) is 18.2. The van der Waals surface area contributed by atoms with Gasteiger partial charge < -0.3 is 10.5 Å². The van der Waals surface area contributed by atoms with Gasteiger partial charge in [-0.15, -0.1) is 15.4 Å². The Morgan fingerprint density at radius 1 is 1.38 bits per heavy atom. The largest absolute Gasteiger partial charge is 0.722 e. The first-order valence-electron chi connectivity index (χ1n) is 6.56. The normalized spacial score (nSPS) is 15.4. The van der Waals surface area contributed by atoms with Crippen LogP contribution in [0.3, 0.4) is 0 Å². The number of nitrogens with two attached hydrogens (primary N) is 1. The first-order chi connectivity index (χ1) is 11.2. The van der Waals surface area contributed by atoms with Crippen LogP contribution in [0.5, 0.6) is 0 Å². The minimum absolute atomic E-state index is 0.0286. The van der Waals surface area contributed by atoms with Gasteiger partial charge in [-0.25, -0.2) is 0 Å². The SMILES string of the molecule is Cc1ccc(S(=O)(=O)O)cc1.N=C(N)[N+]([O-])=N/C=C1/C=CC=CN1. The van der Waals surface area contributed by atoms with Gasteiger partial charge in [0.25, 0.3) is 10.1 Å². The summed E-state index contributed by atoms with van der Waals surface area (Å²) in [6.07, 6.45) is 8.31. The highest BCUT2D eigenvalue weighted by Gasteiger charge is 2.06. The molecule has 2 rings (SSSR count). The topological polar surface area (TPSA) is 155 Å². The standard InChI is InChI=1S/C7H9N5O.C7H8O3S/c8-7(9)12(13)11-5-6-3-1-2-4-10-6;1-6-2-4-7(5-3-6)11(8,9)10/h1-5,10H,(H3,8,9);2-5H,1H3,(H,8,9,10)/b6-5-,12-11?;. The molecule has 1 aliphatic rings. The summed E-state index contributed by atoms with van der Waals surface area (Å²) in [5.74, 6) is -0.646. The zero-order valence-corrected chi connectivity index (χ0v) is 13.6. The molecule has 0 spiro atoms. The van der Waals surface area contributed by atoms with E-state index in [-0.39, 0.29) is 9.76 Å². The first kappa shape index (κ1) is 19.1. The molecular formula is C14H17N5O4S. The lowest BCUT2D eigenvalue weighted by molar-refractivity contribution is -0.407. The van der Waals surface area contributed by atoms with Crippen LogP contribution in [0.2, 0.25) is 0 Å². The lowest BCUT2D eigenvalue weighted by Crippen LogP contribution is -2.21. The number of hydroxylamine groups is 1. The Labute approximate surface area is 139 Å². The fraction of sp³-hybridized carbons (Fsp3) is 0.0714. The molecule has 0 bridgehead atoms. The van der Waals surface area contributed by atoms with Crippen molar-refractivity contribution < 1.29 is 17.8 Å². The van der Waals surface area contributed by atoms with Crippen molar-refractivity contribution in [2.24, 2.45) is 10.8 Å². The minimum Gasteiger partial charge on any atom is -0.722 e. The maximum Gasteiger partial charge on any atom is 0.402 e. The molecule has 0 unspecified atom stereocenters. The molecule has 0 atom stereocenters. The Morgan fingerprint density at radius 3 is 2.46 bits per heavy atom. The van der Waals surface area contributed by atoms with Crippen molar-refractivity contribution in [3.63, 3.8) is 0 Å². The molecule has 0 fully saturated rings. The van der Waals surface area contributed by atoms with Crippen molar-refractivity contribution >= 4 is 16.1 Å². The summed E-state index contributed by atoms with van der Waals surface area (Å²) in [6, 6.07) is 5.99. The summed E-state index contributed by atoms with van der Waals surface area (Å²) in [5.41, 5.74) is 6.49. The summed E-state index contributed by atoms with van der Waals surface area (Å²) in [6.45, 7) is 1.84. The third-order valence-corrected chi connectivity index (χ3v) is 3.43. The molecule has 0 saturated heterocycles. The van der Waals surface area contributed by atoms with Gasteiger partial charge in [0.1, 0.15) is 0 Å². The monoisotopic (exact) mass is 351 g/mol. The van der Waals surface area contributed by atoms with E-state index in [1.165, 1.54) is 18.3 Å². The van der Waals surface area contributed by atoms with Crippen LogP contribution in [-0.2, 0) is 10.1 Å². The van der Waals surface area contributed by atoms with E-state index in [2.05, 4.69) is 10.4 Å². The smallest absolute Gasteiger partial charge is 0.402 e. The molecule has 9 nitrogen and oxygen atoms in total. The number of nitrogens with zero attached hydrogens (tertiary/aromatic N) is 2. The minimum atomic E-state index is -4.02. The van der Waals surface area contributed by atoms with Crippen molar-refractivity contribution in [3.05, 3.63) is 71.4 Å². The molecule has 10 heteroatoms. The number of benzene rings is 1. The molecular weight excluding hydrogens is 334 g/mol. The van der Waals surface area contributed by atoms with E-state index in [0.29, 0.717) is 5.70 Å². The van der Waals surface area contributed by atoms with Gasteiger partial charge in [0, 0.05) is 6.20 Å². The van der Waals surface area contributed by atoms with Crippen LogP contribution in [0.1, 0.15) is 5.56 Å². The number of azo groups is 1. The number of rotatable bonds is 2. The molecule has 0 aliphatic carbocycles. The molecule has 0 radical (unpaired) electrons. The number of allylic oxidation sites excluding steroid dienone is 3. The van der Waals surface area contributed by atoms with Gasteiger partial charge in [0.05, 0.1) is 16.8 Å². The van der Waals surface area contributed by atoms with Crippen LogP contribution in [0.25, 0.3) is 0 Å². The quantitative estimate of drug-likeness (QED) is 0.158. The molecule has 0 amide bonds. The maximum absolute atomic E-state index is 10.7. The van der Waals surface area contributed by atoms with Gasteiger partial charge in [0.15, 0.2) is 0 Å². The second kappa shape index (κ2) is 8.60. The third-order valence-electron chi connectivity index (χ3n) is 2.56. The Bertz CT molecular complexity index is 808. The van der Waals surface area contributed by atoms with Crippen molar-refractivity contribution in [2.75, 3.05) is 0 Å². The van der Waals surface area contributed by atoms with E-state index < -0.39 is 16.1 Å². The average molecular weight is 351 g/mol. The van der Waals surface area contributed by atoms with E-state index in [1.54, 1.807) is 36.6 Å². The summed E-state index contributed by atoms with van der Waals surface area (Å²) in [4.78, 5) is -0.0380. The van der Waals surface area contributed by atoms with Gasteiger partial charge in [-0.1, -0.05) is 23.8 Å². The highest BCUT2D eigenvalue weighted by molar-refractivity contribution is 7.85. The lowest BCUT2D eigenvalue weighted by Gasteiger charge is -2.04. The fourth-order valence-corrected chi connectivity index (χ4v) is 1.85. The number of dihydropyridines is 1. The zero-order valence-electron chi connectivity index (χ0n) is 12.7. The van der Waals surface area contributed by atoms with E-state index >= 15 is 0 Å². The second-order valence-corrected chi connectivity index (χ2v) is 5.93. The van der Waals surface area contributed by atoms with Crippen LogP contribution in [0, 0.1) is 17.5 Å². The van der Waals surface area contributed by atoms with E-state index in [4.69, 9.17) is 15.7 Å². The number of hydrogen-bond acceptors (Lipinski definition) is 6. The number of aryl methyl sites for hydroxylation is 1. The predicted octanol–water partition coefficient (Wildman–Crippen LogP) is 1.60. The third kappa shape index (κ3) is 6.85. The second-order valence-electron chi connectivity index (χ2n) is 4.51. The molecule has 1 heterocycles. The van der Waals surface area contributed by atoms with Gasteiger partial charge in [-0.3, -0.25) is 10.3 Å². The Hall–Kier alpha value is -2.98. The lowest BCUT2D eigenvalue weighted by atomic mass is 10.2. The Balaban J connectivity index is 0.000000243. The highest BCUT2D eigenvalue weighted by Crippen LogP contribution is 2.08. The van der Waals surface area contributed by atoms with E-state index in [0.717, 1.165) is 5.56 Å². The van der Waals surface area contributed by atoms with E-state index in [1.807, 2.05) is 6.92 Å². The molecule has 128 valence electrons. The molecule has 1 aromatic rings. The van der Waals surface area contributed by atoms with Crippen molar-refractivity contribution in [1.29, 1.82) is 5.41 Å². The maximum atomic E-state index is 10.7.